The Morgan fingerprint density at radius 1 is 1.00 bits per heavy atom. The summed E-state index contributed by atoms with van der Waals surface area (Å²) >= 11 is 0. The number of hydrogen-bond acceptors (Lipinski definition) is 1. The van der Waals surface area contributed by atoms with E-state index in [9.17, 15) is 0 Å². The van der Waals surface area contributed by atoms with Crippen molar-refractivity contribution in [1.29, 1.82) is 0 Å². The highest BCUT2D eigenvalue weighted by Gasteiger charge is 2.15. The summed E-state index contributed by atoms with van der Waals surface area (Å²) in [6, 6.07) is 7.86. The van der Waals surface area contributed by atoms with Crippen molar-refractivity contribution in [2.75, 3.05) is 0 Å². The molecule has 0 atom stereocenters. The van der Waals surface area contributed by atoms with Gasteiger partial charge < -0.3 is 5.32 Å². The molecule has 0 unspecified atom stereocenters. The van der Waals surface area contributed by atoms with Crippen molar-refractivity contribution in [2.45, 2.75) is 57.5 Å². The molecular formula is C15H22ClN. The zero-order chi connectivity index (χ0) is 10.8. The summed E-state index contributed by atoms with van der Waals surface area (Å²) in [5.74, 6) is 0. The SMILES string of the molecule is Cl.c1cc2c(cc1CNC1CCCC1)CCC2. The van der Waals surface area contributed by atoms with E-state index in [0.29, 0.717) is 0 Å². The van der Waals surface area contributed by atoms with Gasteiger partial charge in [0.05, 0.1) is 0 Å². The molecule has 0 aliphatic heterocycles. The molecule has 1 aromatic rings. The van der Waals surface area contributed by atoms with Gasteiger partial charge in [-0.2, -0.15) is 0 Å². The Kier molecular flexibility index (Phi) is 4.47. The molecule has 2 aliphatic rings. The van der Waals surface area contributed by atoms with Gasteiger partial charge in [-0.15, -0.1) is 12.4 Å². The second kappa shape index (κ2) is 5.88. The Balaban J connectivity index is 0.00000108. The zero-order valence-electron chi connectivity index (χ0n) is 10.4. The molecule has 0 aromatic heterocycles. The molecule has 2 heteroatoms. The van der Waals surface area contributed by atoms with E-state index in [1.54, 1.807) is 11.1 Å². The maximum Gasteiger partial charge on any atom is 0.0208 e. The van der Waals surface area contributed by atoms with Crippen molar-refractivity contribution in [2.24, 2.45) is 0 Å². The van der Waals surface area contributed by atoms with E-state index in [4.69, 9.17) is 0 Å². The molecule has 2 aliphatic carbocycles. The van der Waals surface area contributed by atoms with Crippen LogP contribution in [0.2, 0.25) is 0 Å². The lowest BCUT2D eigenvalue weighted by atomic mass is 10.1. The van der Waals surface area contributed by atoms with Crippen LogP contribution in [0.1, 0.15) is 48.8 Å². The fraction of sp³-hybridized carbons (Fsp3) is 0.600. The molecule has 0 heterocycles. The number of aryl methyl sites for hydroxylation is 2. The highest BCUT2D eigenvalue weighted by Crippen LogP contribution is 2.23. The Morgan fingerprint density at radius 3 is 2.59 bits per heavy atom. The van der Waals surface area contributed by atoms with Crippen LogP contribution in [-0.4, -0.2) is 6.04 Å². The summed E-state index contributed by atoms with van der Waals surface area (Å²) in [6.07, 6.45) is 9.55. The fourth-order valence-corrected chi connectivity index (χ4v) is 3.13. The monoisotopic (exact) mass is 251 g/mol. The van der Waals surface area contributed by atoms with Gasteiger partial charge in [-0.1, -0.05) is 31.0 Å². The van der Waals surface area contributed by atoms with E-state index < -0.39 is 0 Å². The van der Waals surface area contributed by atoms with Crippen LogP contribution in [0.25, 0.3) is 0 Å². The van der Waals surface area contributed by atoms with Gasteiger partial charge >= 0.3 is 0 Å². The summed E-state index contributed by atoms with van der Waals surface area (Å²) in [5.41, 5.74) is 4.67. The third-order valence-corrected chi connectivity index (χ3v) is 4.11. The lowest BCUT2D eigenvalue weighted by Gasteiger charge is -2.12. The van der Waals surface area contributed by atoms with Gasteiger partial charge in [0.2, 0.25) is 0 Å². The van der Waals surface area contributed by atoms with Gasteiger partial charge in [-0.05, 0) is 48.8 Å². The van der Waals surface area contributed by atoms with E-state index in [-0.39, 0.29) is 12.4 Å². The van der Waals surface area contributed by atoms with Crippen LogP contribution in [0, 0.1) is 0 Å². The van der Waals surface area contributed by atoms with Crippen LogP contribution in [0.3, 0.4) is 0 Å². The first kappa shape index (κ1) is 12.9. The molecule has 17 heavy (non-hydrogen) atoms. The fourth-order valence-electron chi connectivity index (χ4n) is 3.13. The minimum atomic E-state index is 0. The molecule has 0 spiro atoms. The Bertz CT molecular complexity index is 369. The predicted molar refractivity (Wildman–Crippen MR) is 74.8 cm³/mol. The van der Waals surface area contributed by atoms with Gasteiger partial charge in [0.1, 0.15) is 0 Å². The summed E-state index contributed by atoms with van der Waals surface area (Å²) < 4.78 is 0. The van der Waals surface area contributed by atoms with Gasteiger partial charge in [0.15, 0.2) is 0 Å². The largest absolute Gasteiger partial charge is 0.310 e. The zero-order valence-corrected chi connectivity index (χ0v) is 11.2. The Hall–Kier alpha value is -0.530. The molecule has 1 nitrogen and oxygen atoms in total. The third-order valence-electron chi connectivity index (χ3n) is 4.11. The molecule has 1 aromatic carbocycles. The molecule has 94 valence electrons. The van der Waals surface area contributed by atoms with Crippen LogP contribution in [0.5, 0.6) is 0 Å². The van der Waals surface area contributed by atoms with Gasteiger partial charge in [-0.3, -0.25) is 0 Å². The van der Waals surface area contributed by atoms with Crippen molar-refractivity contribution in [3.8, 4) is 0 Å². The molecule has 3 rings (SSSR count). The number of benzene rings is 1. The first-order chi connectivity index (χ1) is 7.92. The van der Waals surface area contributed by atoms with Crippen LogP contribution in [0.4, 0.5) is 0 Å². The van der Waals surface area contributed by atoms with Crippen LogP contribution < -0.4 is 5.32 Å². The highest BCUT2D eigenvalue weighted by atomic mass is 35.5. The lowest BCUT2D eigenvalue weighted by Crippen LogP contribution is -2.25. The molecule has 1 saturated carbocycles. The van der Waals surface area contributed by atoms with E-state index in [1.165, 1.54) is 50.5 Å². The maximum atomic E-state index is 3.69. The summed E-state index contributed by atoms with van der Waals surface area (Å²) in [4.78, 5) is 0. The van der Waals surface area contributed by atoms with Crippen molar-refractivity contribution in [3.63, 3.8) is 0 Å². The third kappa shape index (κ3) is 3.02. The number of fused-ring (bicyclic) bond motifs is 1. The average molecular weight is 252 g/mol. The summed E-state index contributed by atoms with van der Waals surface area (Å²) in [7, 11) is 0. The van der Waals surface area contributed by atoms with Gasteiger partial charge in [-0.25, -0.2) is 0 Å². The standard InChI is InChI=1S/C15H21N.ClH/c1-2-7-15(6-1)16-11-12-8-9-13-4-3-5-14(13)10-12;/h8-10,15-16H,1-7,11H2;1H. The number of rotatable bonds is 3. The van der Waals surface area contributed by atoms with Crippen molar-refractivity contribution >= 4 is 12.4 Å². The van der Waals surface area contributed by atoms with Crippen LogP contribution in [-0.2, 0) is 19.4 Å². The quantitative estimate of drug-likeness (QED) is 0.865. The van der Waals surface area contributed by atoms with Crippen LogP contribution in [0.15, 0.2) is 18.2 Å². The normalized spacial score (nSPS) is 19.1. The summed E-state index contributed by atoms with van der Waals surface area (Å²) in [5, 5.41) is 3.69. The predicted octanol–water partition coefficient (Wildman–Crippen LogP) is 3.63. The molecule has 1 N–H and O–H groups in total. The van der Waals surface area contributed by atoms with Crippen molar-refractivity contribution < 1.29 is 0 Å². The smallest absolute Gasteiger partial charge is 0.0208 e. The first-order valence-electron chi connectivity index (χ1n) is 6.76. The molecule has 0 bridgehead atoms. The Morgan fingerprint density at radius 2 is 1.76 bits per heavy atom. The van der Waals surface area contributed by atoms with Gasteiger partial charge in [0, 0.05) is 12.6 Å². The molecule has 0 saturated heterocycles. The molecular weight excluding hydrogens is 230 g/mol. The first-order valence-corrected chi connectivity index (χ1v) is 6.76. The van der Waals surface area contributed by atoms with Crippen molar-refractivity contribution in [1.82, 2.24) is 5.32 Å². The lowest BCUT2D eigenvalue weighted by molar-refractivity contribution is 0.524. The molecule has 0 amide bonds. The topological polar surface area (TPSA) is 12.0 Å². The number of nitrogens with one attached hydrogen (secondary N) is 1. The molecule has 1 fully saturated rings. The van der Waals surface area contributed by atoms with E-state index in [2.05, 4.69) is 23.5 Å². The minimum absolute atomic E-state index is 0. The number of hydrogen-bond donors (Lipinski definition) is 1. The van der Waals surface area contributed by atoms with Gasteiger partial charge in [0.25, 0.3) is 0 Å². The molecule has 0 radical (unpaired) electrons. The van der Waals surface area contributed by atoms with Crippen LogP contribution >= 0.6 is 12.4 Å². The van der Waals surface area contributed by atoms with E-state index in [0.717, 1.165) is 12.6 Å². The summed E-state index contributed by atoms with van der Waals surface area (Å²) in [6.45, 7) is 1.07. The second-order valence-electron chi connectivity index (χ2n) is 5.32. The minimum Gasteiger partial charge on any atom is -0.310 e. The maximum absolute atomic E-state index is 3.69. The Labute approximate surface area is 110 Å². The number of halogens is 1. The van der Waals surface area contributed by atoms with E-state index >= 15 is 0 Å². The second-order valence-corrected chi connectivity index (χ2v) is 5.32. The highest BCUT2D eigenvalue weighted by molar-refractivity contribution is 5.85. The van der Waals surface area contributed by atoms with E-state index in [1.807, 2.05) is 0 Å². The van der Waals surface area contributed by atoms with Crippen molar-refractivity contribution in [3.05, 3.63) is 34.9 Å². The average Bonchev–Trinajstić information content (AvgIpc) is 2.97.